The topological polar surface area (TPSA) is 125 Å². The molecule has 2 heterocycles. The largest absolute Gasteiger partial charge is 0.493 e. The number of piperidine rings is 1. The van der Waals surface area contributed by atoms with Crippen LogP contribution >= 0.6 is 0 Å². The molecule has 1 fully saturated rings. The van der Waals surface area contributed by atoms with Gasteiger partial charge in [0.05, 0.1) is 20.5 Å². The predicted molar refractivity (Wildman–Crippen MR) is 114 cm³/mol. The number of sulfonamides is 1. The Bertz CT molecular complexity index is 1120. The fraction of sp³-hybridized carbons (Fsp3) is 0.526. The maximum Gasteiger partial charge on any atom is 0.346 e. The molecule has 0 radical (unpaired) electrons. The number of benzene rings is 1. The van der Waals surface area contributed by atoms with Gasteiger partial charge in [-0.15, -0.1) is 0 Å². The average Bonchev–Trinajstić information content (AvgIpc) is 3.01. The maximum absolute atomic E-state index is 12.6. The number of rotatable bonds is 7. The summed E-state index contributed by atoms with van der Waals surface area (Å²) in [7, 11) is 1.27. The number of aromatic nitrogens is 3. The first-order valence-corrected chi connectivity index (χ1v) is 11.6. The molecule has 1 aromatic carbocycles. The number of anilines is 1. The molecule has 1 unspecified atom stereocenters. The molecule has 1 saturated heterocycles. The first-order chi connectivity index (χ1) is 14.6. The van der Waals surface area contributed by atoms with Gasteiger partial charge < -0.3 is 14.8 Å². The van der Waals surface area contributed by atoms with Gasteiger partial charge in [-0.2, -0.15) is 5.10 Å². The molecule has 11 nitrogen and oxygen atoms in total. The van der Waals surface area contributed by atoms with E-state index in [1.54, 1.807) is 25.2 Å². The Morgan fingerprint density at radius 2 is 1.97 bits per heavy atom. The molecule has 170 valence electrons. The first kappa shape index (κ1) is 22.8. The van der Waals surface area contributed by atoms with Crippen molar-refractivity contribution < 1.29 is 22.7 Å². The number of nitrogens with zero attached hydrogens (tertiary/aromatic N) is 4. The predicted octanol–water partition coefficient (Wildman–Crippen LogP) is 0.377. The minimum absolute atomic E-state index is 0.212. The zero-order chi connectivity index (χ0) is 22.8. The van der Waals surface area contributed by atoms with E-state index >= 15 is 0 Å². The monoisotopic (exact) mass is 453 g/mol. The van der Waals surface area contributed by atoms with Crippen molar-refractivity contribution in [3.63, 3.8) is 0 Å². The summed E-state index contributed by atoms with van der Waals surface area (Å²) in [5, 5.41) is 7.04. The van der Waals surface area contributed by atoms with Crippen LogP contribution in [0.5, 0.6) is 11.5 Å². The lowest BCUT2D eigenvalue weighted by atomic mass is 9.99. The Hall–Kier alpha value is -2.86. The summed E-state index contributed by atoms with van der Waals surface area (Å²) in [6.45, 7) is 0.447. The third kappa shape index (κ3) is 5.07. The fourth-order valence-electron chi connectivity index (χ4n) is 3.67. The molecule has 1 N–H and O–H groups in total. The molecule has 31 heavy (non-hydrogen) atoms. The summed E-state index contributed by atoms with van der Waals surface area (Å²) in [5.74, 6) is 0.820. The van der Waals surface area contributed by atoms with Crippen LogP contribution in [0.25, 0.3) is 0 Å². The Balaban J connectivity index is 1.74. The van der Waals surface area contributed by atoms with Crippen LogP contribution in [0.1, 0.15) is 24.6 Å². The fourth-order valence-corrected chi connectivity index (χ4v) is 4.58. The van der Waals surface area contributed by atoms with E-state index in [2.05, 4.69) is 10.4 Å². The molecular formula is C19H27N5O6S. The standard InChI is InChI=1S/C19H27N5O6S/c1-22-18(13-6-5-9-23(11-13)31(4,27)28)21-24(19(22)26)12-17(25)20-14-7-8-15(29-2)16(10-14)30-3/h7-8,10,13H,5-6,9,11-12H2,1-4H3,(H,20,25). The van der Waals surface area contributed by atoms with Crippen LogP contribution in [-0.4, -0.2) is 66.5 Å². The van der Waals surface area contributed by atoms with Gasteiger partial charge in [-0.25, -0.2) is 22.2 Å². The lowest BCUT2D eigenvalue weighted by Crippen LogP contribution is -2.39. The molecule has 0 saturated carbocycles. The summed E-state index contributed by atoms with van der Waals surface area (Å²) in [5.41, 5.74) is 0.0527. The van der Waals surface area contributed by atoms with E-state index in [9.17, 15) is 18.0 Å². The summed E-state index contributed by atoms with van der Waals surface area (Å²) in [6, 6.07) is 4.94. The van der Waals surface area contributed by atoms with Crippen LogP contribution in [0.4, 0.5) is 5.69 Å². The van der Waals surface area contributed by atoms with Crippen molar-refractivity contribution in [1.82, 2.24) is 18.7 Å². The molecule has 0 aliphatic carbocycles. The highest BCUT2D eigenvalue weighted by Crippen LogP contribution is 2.30. The molecule has 1 aliphatic rings. The molecule has 1 amide bonds. The molecular weight excluding hydrogens is 426 g/mol. The number of carbonyl (C=O) groups is 1. The summed E-state index contributed by atoms with van der Waals surface area (Å²) in [6.07, 6.45) is 2.57. The van der Waals surface area contributed by atoms with E-state index in [4.69, 9.17) is 9.47 Å². The molecule has 1 aliphatic heterocycles. The number of hydrogen-bond donors (Lipinski definition) is 1. The van der Waals surface area contributed by atoms with Crippen molar-refractivity contribution in [3.05, 3.63) is 34.5 Å². The van der Waals surface area contributed by atoms with E-state index < -0.39 is 21.6 Å². The molecule has 0 bridgehead atoms. The van der Waals surface area contributed by atoms with Crippen LogP contribution in [0.3, 0.4) is 0 Å². The van der Waals surface area contributed by atoms with Crippen molar-refractivity contribution >= 4 is 21.6 Å². The third-order valence-corrected chi connectivity index (χ3v) is 6.52. The molecule has 0 spiro atoms. The third-order valence-electron chi connectivity index (χ3n) is 5.25. The van der Waals surface area contributed by atoms with E-state index in [-0.39, 0.29) is 19.0 Å². The normalized spacial score (nSPS) is 17.4. The first-order valence-electron chi connectivity index (χ1n) is 9.74. The van der Waals surface area contributed by atoms with Crippen molar-refractivity contribution in [2.75, 3.05) is 38.9 Å². The highest BCUT2D eigenvalue weighted by atomic mass is 32.2. The van der Waals surface area contributed by atoms with Crippen LogP contribution in [0.15, 0.2) is 23.0 Å². The van der Waals surface area contributed by atoms with Gasteiger partial charge in [0.1, 0.15) is 12.4 Å². The summed E-state index contributed by atoms with van der Waals surface area (Å²) in [4.78, 5) is 25.1. The second kappa shape index (κ2) is 9.10. The van der Waals surface area contributed by atoms with Gasteiger partial charge in [0.2, 0.25) is 15.9 Å². The van der Waals surface area contributed by atoms with Gasteiger partial charge in [0.25, 0.3) is 0 Å². The smallest absolute Gasteiger partial charge is 0.346 e. The van der Waals surface area contributed by atoms with Crippen LogP contribution < -0.4 is 20.5 Å². The van der Waals surface area contributed by atoms with Crippen molar-refractivity contribution in [2.45, 2.75) is 25.3 Å². The average molecular weight is 454 g/mol. The van der Waals surface area contributed by atoms with E-state index in [0.717, 1.165) is 4.68 Å². The Labute approximate surface area is 180 Å². The summed E-state index contributed by atoms with van der Waals surface area (Å²) >= 11 is 0. The number of nitrogens with one attached hydrogen (secondary N) is 1. The van der Waals surface area contributed by atoms with Gasteiger partial charge in [-0.3, -0.25) is 9.36 Å². The van der Waals surface area contributed by atoms with Crippen LogP contribution in [-0.2, 0) is 28.4 Å². The van der Waals surface area contributed by atoms with Crippen molar-refractivity contribution in [1.29, 1.82) is 0 Å². The highest BCUT2D eigenvalue weighted by molar-refractivity contribution is 7.88. The van der Waals surface area contributed by atoms with Gasteiger partial charge in [0, 0.05) is 37.8 Å². The van der Waals surface area contributed by atoms with Crippen molar-refractivity contribution in [3.8, 4) is 11.5 Å². The Kier molecular flexibility index (Phi) is 6.70. The molecule has 2 aromatic rings. The van der Waals surface area contributed by atoms with Gasteiger partial charge >= 0.3 is 5.69 Å². The quantitative estimate of drug-likeness (QED) is 0.642. The minimum atomic E-state index is -3.32. The van der Waals surface area contributed by atoms with Gasteiger partial charge in [-0.05, 0) is 25.0 Å². The second-order valence-electron chi connectivity index (χ2n) is 7.44. The van der Waals surface area contributed by atoms with Crippen LogP contribution in [0.2, 0.25) is 0 Å². The van der Waals surface area contributed by atoms with Crippen LogP contribution in [0, 0.1) is 0 Å². The molecule has 1 aromatic heterocycles. The lowest BCUT2D eigenvalue weighted by molar-refractivity contribution is -0.117. The highest BCUT2D eigenvalue weighted by Gasteiger charge is 2.30. The van der Waals surface area contributed by atoms with E-state index in [1.807, 2.05) is 0 Å². The number of hydrogen-bond acceptors (Lipinski definition) is 7. The van der Waals surface area contributed by atoms with E-state index in [0.29, 0.717) is 42.4 Å². The van der Waals surface area contributed by atoms with E-state index in [1.165, 1.54) is 29.3 Å². The Morgan fingerprint density at radius 3 is 2.61 bits per heavy atom. The number of ether oxygens (including phenoxy) is 2. The summed E-state index contributed by atoms with van der Waals surface area (Å²) < 4.78 is 38.0. The lowest BCUT2D eigenvalue weighted by Gasteiger charge is -2.30. The van der Waals surface area contributed by atoms with Crippen molar-refractivity contribution in [2.24, 2.45) is 7.05 Å². The van der Waals surface area contributed by atoms with Gasteiger partial charge in [0.15, 0.2) is 11.5 Å². The minimum Gasteiger partial charge on any atom is -0.493 e. The zero-order valence-electron chi connectivity index (χ0n) is 18.0. The molecule has 3 rings (SSSR count). The number of methoxy groups -OCH3 is 2. The SMILES string of the molecule is COc1ccc(NC(=O)Cn2nc(C3CCCN(S(C)(=O)=O)C3)n(C)c2=O)cc1OC. The Morgan fingerprint density at radius 1 is 1.26 bits per heavy atom. The maximum atomic E-state index is 12.6. The zero-order valence-corrected chi connectivity index (χ0v) is 18.8. The number of amides is 1. The molecule has 12 heteroatoms. The van der Waals surface area contributed by atoms with Gasteiger partial charge in [-0.1, -0.05) is 0 Å². The number of carbonyl (C=O) groups excluding carboxylic acids is 1. The second-order valence-corrected chi connectivity index (χ2v) is 9.42. The molecule has 1 atom stereocenters.